The van der Waals surface area contributed by atoms with Crippen LogP contribution in [0.3, 0.4) is 0 Å². The average molecular weight is 288 g/mol. The van der Waals surface area contributed by atoms with E-state index in [2.05, 4.69) is 5.32 Å². The van der Waals surface area contributed by atoms with E-state index in [9.17, 15) is 13.2 Å². The molecule has 2 atom stereocenters. The first-order chi connectivity index (χ1) is 9.00. The third-order valence-corrected chi connectivity index (χ3v) is 6.10. The lowest BCUT2D eigenvalue weighted by molar-refractivity contribution is -0.127. The number of nitrogens with one attached hydrogen (secondary N) is 1. The molecule has 6 heteroatoms. The first kappa shape index (κ1) is 14.8. The Bertz CT molecular complexity index is 408. The highest BCUT2D eigenvalue weighted by Gasteiger charge is 2.30. The second kappa shape index (κ2) is 6.22. The Kier molecular flexibility index (Phi) is 4.84. The smallest absolute Gasteiger partial charge is 0.223 e. The monoisotopic (exact) mass is 288 g/mol. The summed E-state index contributed by atoms with van der Waals surface area (Å²) in [6.07, 6.45) is 5.13. The van der Waals surface area contributed by atoms with Crippen LogP contribution in [0.1, 0.15) is 38.5 Å². The zero-order valence-electron chi connectivity index (χ0n) is 11.3. The van der Waals surface area contributed by atoms with Crippen molar-refractivity contribution in [3.8, 4) is 0 Å². The quantitative estimate of drug-likeness (QED) is 0.789. The summed E-state index contributed by atoms with van der Waals surface area (Å²) in [5, 5.41) is 3.03. The summed E-state index contributed by atoms with van der Waals surface area (Å²) < 4.78 is 22.7. The van der Waals surface area contributed by atoms with Gasteiger partial charge in [0.2, 0.25) is 5.91 Å². The Labute approximate surface area is 115 Å². The van der Waals surface area contributed by atoms with E-state index >= 15 is 0 Å². The summed E-state index contributed by atoms with van der Waals surface area (Å²) in [6.45, 7) is 0.658. The summed E-state index contributed by atoms with van der Waals surface area (Å²) in [5.41, 5.74) is 5.68. The van der Waals surface area contributed by atoms with Crippen molar-refractivity contribution in [3.05, 3.63) is 0 Å². The predicted molar refractivity (Wildman–Crippen MR) is 74.3 cm³/mol. The number of hydrogen-bond acceptors (Lipinski definition) is 4. The maximum atomic E-state index is 12.2. The molecule has 1 amide bonds. The Morgan fingerprint density at radius 2 is 1.84 bits per heavy atom. The van der Waals surface area contributed by atoms with Crippen molar-refractivity contribution < 1.29 is 13.2 Å². The Balaban J connectivity index is 1.81. The van der Waals surface area contributed by atoms with Crippen LogP contribution in [-0.4, -0.2) is 38.4 Å². The van der Waals surface area contributed by atoms with Gasteiger partial charge in [-0.2, -0.15) is 0 Å². The van der Waals surface area contributed by atoms with Crippen LogP contribution in [0.4, 0.5) is 0 Å². The zero-order chi connectivity index (χ0) is 13.9. The van der Waals surface area contributed by atoms with Crippen molar-refractivity contribution >= 4 is 15.7 Å². The number of hydrogen-bond donors (Lipinski definition) is 2. The normalized spacial score (nSPS) is 31.8. The summed E-state index contributed by atoms with van der Waals surface area (Å²) in [6, 6.07) is 0.0364. The molecule has 2 unspecified atom stereocenters. The molecular formula is C13H24N2O3S. The number of carbonyl (C=O) groups excluding carboxylic acids is 1. The number of sulfone groups is 1. The van der Waals surface area contributed by atoms with Gasteiger partial charge in [-0.05, 0) is 44.6 Å². The van der Waals surface area contributed by atoms with Gasteiger partial charge in [-0.15, -0.1) is 0 Å². The van der Waals surface area contributed by atoms with Gasteiger partial charge in [-0.25, -0.2) is 8.42 Å². The summed E-state index contributed by atoms with van der Waals surface area (Å²) in [5.74, 6) is 1.04. The topological polar surface area (TPSA) is 89.3 Å². The maximum absolute atomic E-state index is 12.2. The predicted octanol–water partition coefficient (Wildman–Crippen LogP) is 0.445. The van der Waals surface area contributed by atoms with Crippen LogP contribution in [0.2, 0.25) is 0 Å². The second-order valence-corrected chi connectivity index (χ2v) is 8.20. The number of rotatable bonds is 3. The van der Waals surface area contributed by atoms with Crippen LogP contribution in [0.15, 0.2) is 0 Å². The van der Waals surface area contributed by atoms with Gasteiger partial charge in [-0.1, -0.05) is 6.42 Å². The first-order valence-electron chi connectivity index (χ1n) is 7.21. The third-order valence-electron chi connectivity index (χ3n) is 4.39. The Morgan fingerprint density at radius 3 is 2.47 bits per heavy atom. The molecule has 19 heavy (non-hydrogen) atoms. The van der Waals surface area contributed by atoms with E-state index in [0.29, 0.717) is 25.3 Å². The molecule has 0 radical (unpaired) electrons. The van der Waals surface area contributed by atoms with Gasteiger partial charge < -0.3 is 11.1 Å². The molecular weight excluding hydrogens is 264 g/mol. The van der Waals surface area contributed by atoms with Gasteiger partial charge in [0.05, 0.1) is 11.5 Å². The molecule has 0 bridgehead atoms. The lowest BCUT2D eigenvalue weighted by Crippen LogP contribution is -2.44. The van der Waals surface area contributed by atoms with E-state index in [1.165, 1.54) is 0 Å². The van der Waals surface area contributed by atoms with E-state index in [1.54, 1.807) is 0 Å². The molecule has 1 aliphatic heterocycles. The summed E-state index contributed by atoms with van der Waals surface area (Å²) in [4.78, 5) is 12.2. The maximum Gasteiger partial charge on any atom is 0.223 e. The van der Waals surface area contributed by atoms with Crippen LogP contribution < -0.4 is 11.1 Å². The minimum atomic E-state index is -2.86. The first-order valence-corrected chi connectivity index (χ1v) is 9.03. The van der Waals surface area contributed by atoms with Gasteiger partial charge in [0.25, 0.3) is 0 Å². The van der Waals surface area contributed by atoms with Crippen molar-refractivity contribution in [1.82, 2.24) is 5.32 Å². The lowest BCUT2D eigenvalue weighted by atomic mass is 9.81. The lowest BCUT2D eigenvalue weighted by Gasteiger charge is -2.30. The number of carbonyl (C=O) groups is 1. The van der Waals surface area contributed by atoms with Crippen molar-refractivity contribution in [2.75, 3.05) is 18.1 Å². The van der Waals surface area contributed by atoms with Crippen molar-refractivity contribution in [3.63, 3.8) is 0 Å². The van der Waals surface area contributed by atoms with Crippen molar-refractivity contribution in [2.24, 2.45) is 17.6 Å². The molecule has 2 rings (SSSR count). The Morgan fingerprint density at radius 1 is 1.16 bits per heavy atom. The van der Waals surface area contributed by atoms with Crippen LogP contribution >= 0.6 is 0 Å². The largest absolute Gasteiger partial charge is 0.353 e. The number of amides is 1. The summed E-state index contributed by atoms with van der Waals surface area (Å²) in [7, 11) is -2.86. The highest BCUT2D eigenvalue weighted by Crippen LogP contribution is 2.28. The molecule has 3 N–H and O–H groups in total. The molecule has 5 nitrogen and oxygen atoms in total. The molecule has 2 aliphatic rings. The van der Waals surface area contributed by atoms with Gasteiger partial charge in [0, 0.05) is 12.0 Å². The summed E-state index contributed by atoms with van der Waals surface area (Å²) >= 11 is 0. The third kappa shape index (κ3) is 4.18. The zero-order valence-corrected chi connectivity index (χ0v) is 12.1. The van der Waals surface area contributed by atoms with Crippen LogP contribution in [-0.2, 0) is 14.6 Å². The van der Waals surface area contributed by atoms with Crippen LogP contribution in [0.25, 0.3) is 0 Å². The van der Waals surface area contributed by atoms with Crippen LogP contribution in [0.5, 0.6) is 0 Å². The van der Waals surface area contributed by atoms with E-state index in [-0.39, 0.29) is 29.4 Å². The van der Waals surface area contributed by atoms with E-state index in [4.69, 9.17) is 5.73 Å². The van der Waals surface area contributed by atoms with Crippen molar-refractivity contribution in [1.29, 1.82) is 0 Å². The molecule has 1 saturated carbocycles. The molecule has 0 aromatic rings. The molecule has 2 fully saturated rings. The van der Waals surface area contributed by atoms with Crippen LogP contribution in [0, 0.1) is 11.8 Å². The second-order valence-electron chi connectivity index (χ2n) is 5.90. The fourth-order valence-electron chi connectivity index (χ4n) is 3.10. The minimum Gasteiger partial charge on any atom is -0.353 e. The van der Waals surface area contributed by atoms with Gasteiger partial charge in [0.1, 0.15) is 9.84 Å². The minimum absolute atomic E-state index is 0.0364. The van der Waals surface area contributed by atoms with E-state index < -0.39 is 9.84 Å². The van der Waals surface area contributed by atoms with Gasteiger partial charge in [0.15, 0.2) is 0 Å². The highest BCUT2D eigenvalue weighted by atomic mass is 32.2. The SMILES string of the molecule is NCC1CCCC(C(=O)NC2CCS(=O)(=O)CC2)C1. The highest BCUT2D eigenvalue weighted by molar-refractivity contribution is 7.91. The fraction of sp³-hybridized carbons (Fsp3) is 0.923. The van der Waals surface area contributed by atoms with Crippen molar-refractivity contribution in [2.45, 2.75) is 44.6 Å². The standard InChI is InChI=1S/C13H24N2O3S/c14-9-10-2-1-3-11(8-10)13(16)15-12-4-6-19(17,18)7-5-12/h10-12H,1-9,14H2,(H,15,16). The Hall–Kier alpha value is -0.620. The molecule has 0 spiro atoms. The number of nitrogens with two attached hydrogens (primary N) is 1. The molecule has 1 heterocycles. The molecule has 1 saturated heterocycles. The molecule has 110 valence electrons. The average Bonchev–Trinajstić information content (AvgIpc) is 2.41. The molecule has 0 aromatic heterocycles. The fourth-order valence-corrected chi connectivity index (χ4v) is 4.59. The van der Waals surface area contributed by atoms with E-state index in [0.717, 1.165) is 25.7 Å². The molecule has 0 aromatic carbocycles. The molecule has 1 aliphatic carbocycles. The van der Waals surface area contributed by atoms with E-state index in [1.807, 2.05) is 0 Å². The van der Waals surface area contributed by atoms with Gasteiger partial charge >= 0.3 is 0 Å². The van der Waals surface area contributed by atoms with Gasteiger partial charge in [-0.3, -0.25) is 4.79 Å².